The van der Waals surface area contributed by atoms with Crippen molar-refractivity contribution >= 4 is 16.7 Å². The number of aromatic nitrogens is 2. The van der Waals surface area contributed by atoms with Crippen LogP contribution in [0.3, 0.4) is 0 Å². The van der Waals surface area contributed by atoms with Crippen LogP contribution in [0.2, 0.25) is 0 Å². The van der Waals surface area contributed by atoms with E-state index in [-0.39, 0.29) is 0 Å². The molecule has 0 saturated carbocycles. The van der Waals surface area contributed by atoms with Crippen molar-refractivity contribution in [2.75, 3.05) is 59.5 Å². The Morgan fingerprint density at radius 2 is 1.61 bits per heavy atom. The molecule has 1 aromatic heterocycles. The summed E-state index contributed by atoms with van der Waals surface area (Å²) in [5, 5.41) is 0.909. The largest absolute Gasteiger partial charge is 0.493 e. The number of benzene rings is 1. The maximum atomic E-state index is 5.53. The summed E-state index contributed by atoms with van der Waals surface area (Å²) >= 11 is 0. The van der Waals surface area contributed by atoms with Crippen molar-refractivity contribution in [2.45, 2.75) is 0 Å². The van der Waals surface area contributed by atoms with E-state index in [0.717, 1.165) is 42.9 Å². The van der Waals surface area contributed by atoms with Crippen LogP contribution in [0.15, 0.2) is 12.4 Å². The number of hydrogen-bond acceptors (Lipinski definition) is 7. The molecule has 23 heavy (non-hydrogen) atoms. The van der Waals surface area contributed by atoms with Crippen molar-refractivity contribution < 1.29 is 14.2 Å². The Morgan fingerprint density at radius 3 is 2.22 bits per heavy atom. The molecule has 7 nitrogen and oxygen atoms in total. The quantitative estimate of drug-likeness (QED) is 0.844. The predicted molar refractivity (Wildman–Crippen MR) is 88.9 cm³/mol. The van der Waals surface area contributed by atoms with Gasteiger partial charge in [-0.25, -0.2) is 9.97 Å². The van der Waals surface area contributed by atoms with Crippen molar-refractivity contribution in [2.24, 2.45) is 0 Å². The first-order valence-electron chi connectivity index (χ1n) is 7.56. The van der Waals surface area contributed by atoms with E-state index in [2.05, 4.69) is 26.8 Å². The van der Waals surface area contributed by atoms with E-state index in [0.29, 0.717) is 17.2 Å². The fourth-order valence-electron chi connectivity index (χ4n) is 2.92. The highest BCUT2D eigenvalue weighted by molar-refractivity contribution is 5.97. The molecular formula is C16H22N4O3. The van der Waals surface area contributed by atoms with E-state index < -0.39 is 0 Å². The number of nitrogens with zero attached hydrogens (tertiary/aromatic N) is 4. The molecule has 3 rings (SSSR count). The molecule has 0 unspecified atom stereocenters. The molecule has 2 heterocycles. The molecule has 124 valence electrons. The Balaban J connectivity index is 2.17. The van der Waals surface area contributed by atoms with E-state index in [1.165, 1.54) is 0 Å². The summed E-state index contributed by atoms with van der Waals surface area (Å²) in [6.45, 7) is 3.88. The number of likely N-dealkylation sites (N-methyl/N-ethyl adjacent to an activating group) is 1. The van der Waals surface area contributed by atoms with E-state index in [9.17, 15) is 0 Å². The monoisotopic (exact) mass is 318 g/mol. The first-order chi connectivity index (χ1) is 11.2. The molecular weight excluding hydrogens is 296 g/mol. The van der Waals surface area contributed by atoms with Crippen molar-refractivity contribution in [1.82, 2.24) is 14.9 Å². The van der Waals surface area contributed by atoms with Gasteiger partial charge in [0.05, 0.1) is 26.7 Å². The first kappa shape index (κ1) is 15.6. The van der Waals surface area contributed by atoms with Gasteiger partial charge < -0.3 is 24.0 Å². The number of anilines is 1. The van der Waals surface area contributed by atoms with E-state index >= 15 is 0 Å². The van der Waals surface area contributed by atoms with Gasteiger partial charge in [-0.2, -0.15) is 0 Å². The zero-order chi connectivity index (χ0) is 16.4. The number of hydrogen-bond donors (Lipinski definition) is 0. The third-order valence-electron chi connectivity index (χ3n) is 4.21. The summed E-state index contributed by atoms with van der Waals surface area (Å²) in [5.41, 5.74) is 0.731. The average molecular weight is 318 g/mol. The van der Waals surface area contributed by atoms with Crippen LogP contribution in [0.5, 0.6) is 17.2 Å². The lowest BCUT2D eigenvalue weighted by atomic mass is 10.1. The lowest BCUT2D eigenvalue weighted by molar-refractivity contribution is 0.312. The maximum absolute atomic E-state index is 5.53. The molecule has 1 aliphatic heterocycles. The number of rotatable bonds is 4. The summed E-state index contributed by atoms with van der Waals surface area (Å²) in [5.74, 6) is 2.63. The van der Waals surface area contributed by atoms with Crippen LogP contribution < -0.4 is 19.1 Å². The fraction of sp³-hybridized carbons (Fsp3) is 0.500. The maximum Gasteiger partial charge on any atom is 0.205 e. The van der Waals surface area contributed by atoms with Gasteiger partial charge in [-0.05, 0) is 13.1 Å². The number of methoxy groups -OCH3 is 3. The lowest BCUT2D eigenvalue weighted by Gasteiger charge is -2.33. The van der Waals surface area contributed by atoms with Gasteiger partial charge in [-0.15, -0.1) is 0 Å². The van der Waals surface area contributed by atoms with Gasteiger partial charge in [0, 0.05) is 26.2 Å². The molecule has 0 N–H and O–H groups in total. The van der Waals surface area contributed by atoms with Gasteiger partial charge in [-0.3, -0.25) is 0 Å². The highest BCUT2D eigenvalue weighted by Gasteiger charge is 2.23. The molecule has 7 heteroatoms. The number of ether oxygens (including phenoxy) is 3. The highest BCUT2D eigenvalue weighted by atomic mass is 16.5. The van der Waals surface area contributed by atoms with Crippen LogP contribution in [0, 0.1) is 0 Å². The standard InChI is InChI=1S/C16H22N4O3/c1-19-5-7-20(8-6-19)16-11-9-12(21-2)14(22-3)15(23-4)13(11)17-10-18-16/h9-10H,5-8H2,1-4H3. The van der Waals surface area contributed by atoms with Gasteiger partial charge >= 0.3 is 0 Å². The Hall–Kier alpha value is -2.28. The molecule has 0 atom stereocenters. The van der Waals surface area contributed by atoms with E-state index in [4.69, 9.17) is 14.2 Å². The number of fused-ring (bicyclic) bond motifs is 1. The Labute approximate surface area is 135 Å². The summed E-state index contributed by atoms with van der Waals surface area (Å²) in [4.78, 5) is 13.5. The van der Waals surface area contributed by atoms with Gasteiger partial charge in [-0.1, -0.05) is 0 Å². The van der Waals surface area contributed by atoms with E-state index in [1.54, 1.807) is 27.7 Å². The minimum absolute atomic E-state index is 0.547. The molecule has 0 bridgehead atoms. The van der Waals surface area contributed by atoms with Gasteiger partial charge in [0.15, 0.2) is 11.5 Å². The van der Waals surface area contributed by atoms with Crippen LogP contribution in [-0.4, -0.2) is 69.4 Å². The first-order valence-corrected chi connectivity index (χ1v) is 7.56. The minimum Gasteiger partial charge on any atom is -0.493 e. The minimum atomic E-state index is 0.547. The topological polar surface area (TPSA) is 60.0 Å². The molecule has 1 aliphatic rings. The van der Waals surface area contributed by atoms with Crippen LogP contribution in [0.1, 0.15) is 0 Å². The smallest absolute Gasteiger partial charge is 0.205 e. The average Bonchev–Trinajstić information content (AvgIpc) is 2.60. The molecule has 1 aromatic carbocycles. The van der Waals surface area contributed by atoms with Crippen LogP contribution in [-0.2, 0) is 0 Å². The zero-order valence-electron chi connectivity index (χ0n) is 14.0. The van der Waals surface area contributed by atoms with Crippen molar-refractivity contribution in [3.05, 3.63) is 12.4 Å². The normalized spacial score (nSPS) is 15.7. The molecule has 0 amide bonds. The van der Waals surface area contributed by atoms with Gasteiger partial charge in [0.25, 0.3) is 0 Å². The second kappa shape index (κ2) is 6.45. The Kier molecular flexibility index (Phi) is 4.38. The summed E-state index contributed by atoms with van der Waals surface area (Å²) in [7, 11) is 6.94. The molecule has 2 aromatic rings. The molecule has 1 saturated heterocycles. The van der Waals surface area contributed by atoms with Gasteiger partial charge in [0.1, 0.15) is 17.7 Å². The zero-order valence-corrected chi connectivity index (χ0v) is 14.0. The molecule has 1 fully saturated rings. The summed E-state index contributed by atoms with van der Waals surface area (Å²) < 4.78 is 16.4. The van der Waals surface area contributed by atoms with Crippen LogP contribution in [0.4, 0.5) is 5.82 Å². The molecule has 0 radical (unpaired) electrons. The molecule has 0 spiro atoms. The second-order valence-electron chi connectivity index (χ2n) is 5.53. The Bertz CT molecular complexity index is 699. The Morgan fingerprint density at radius 1 is 0.913 bits per heavy atom. The second-order valence-corrected chi connectivity index (χ2v) is 5.53. The SMILES string of the molecule is COc1cc2c(N3CCN(C)CC3)ncnc2c(OC)c1OC. The lowest BCUT2D eigenvalue weighted by Crippen LogP contribution is -2.44. The third kappa shape index (κ3) is 2.72. The van der Waals surface area contributed by atoms with Crippen molar-refractivity contribution in [3.8, 4) is 17.2 Å². The van der Waals surface area contributed by atoms with Crippen molar-refractivity contribution in [3.63, 3.8) is 0 Å². The van der Waals surface area contributed by atoms with E-state index in [1.807, 2.05) is 6.07 Å². The third-order valence-corrected chi connectivity index (χ3v) is 4.21. The predicted octanol–water partition coefficient (Wildman–Crippen LogP) is 1.41. The fourth-order valence-corrected chi connectivity index (χ4v) is 2.92. The van der Waals surface area contributed by atoms with Crippen LogP contribution >= 0.6 is 0 Å². The summed E-state index contributed by atoms with van der Waals surface area (Å²) in [6, 6.07) is 1.92. The molecule has 0 aliphatic carbocycles. The van der Waals surface area contributed by atoms with Crippen LogP contribution in [0.25, 0.3) is 10.9 Å². The van der Waals surface area contributed by atoms with Gasteiger partial charge in [0.2, 0.25) is 5.75 Å². The summed E-state index contributed by atoms with van der Waals surface area (Å²) in [6.07, 6.45) is 1.57. The number of piperazine rings is 1. The van der Waals surface area contributed by atoms with Crippen molar-refractivity contribution in [1.29, 1.82) is 0 Å². The highest BCUT2D eigenvalue weighted by Crippen LogP contribution is 2.44.